The van der Waals surface area contributed by atoms with Crippen LogP contribution in [0.2, 0.25) is 0 Å². The molecule has 3 nitrogen and oxygen atoms in total. The highest BCUT2D eigenvalue weighted by Gasteiger charge is 2.32. The van der Waals surface area contributed by atoms with Gasteiger partial charge in [0.05, 0.1) is 17.2 Å². The molecule has 1 heterocycles. The summed E-state index contributed by atoms with van der Waals surface area (Å²) in [4.78, 5) is 2.29. The molecule has 1 aliphatic heterocycles. The van der Waals surface area contributed by atoms with Gasteiger partial charge in [0.1, 0.15) is 0 Å². The summed E-state index contributed by atoms with van der Waals surface area (Å²) in [6, 6.07) is 18.1. The quantitative estimate of drug-likeness (QED) is 0.945. The fraction of sp³-hybridized carbons (Fsp3) is 0.350. The number of nitrogens with zero attached hydrogens (tertiary/aromatic N) is 2. The van der Waals surface area contributed by atoms with E-state index < -0.39 is 5.60 Å². The minimum Gasteiger partial charge on any atom is -0.389 e. The molecule has 23 heavy (non-hydrogen) atoms. The molecule has 0 spiro atoms. The van der Waals surface area contributed by atoms with Gasteiger partial charge in [-0.05, 0) is 55.2 Å². The van der Waals surface area contributed by atoms with Crippen molar-refractivity contribution >= 4 is 5.69 Å². The van der Waals surface area contributed by atoms with Crippen molar-refractivity contribution in [1.82, 2.24) is 0 Å². The molecule has 1 aliphatic rings. The average Bonchev–Trinajstić information content (AvgIpc) is 2.58. The number of hydrogen-bond acceptors (Lipinski definition) is 3. The molecule has 0 unspecified atom stereocenters. The molecule has 2 aromatic carbocycles. The molecule has 0 aliphatic carbocycles. The summed E-state index contributed by atoms with van der Waals surface area (Å²) in [5, 5.41) is 19.8. The lowest BCUT2D eigenvalue weighted by molar-refractivity contribution is 0.0164. The minimum absolute atomic E-state index is 0.616. The van der Waals surface area contributed by atoms with Gasteiger partial charge >= 0.3 is 0 Å². The van der Waals surface area contributed by atoms with Gasteiger partial charge in [0.2, 0.25) is 0 Å². The SMILES string of the molecule is Cc1ccccc1CC1(O)CCN(c2ccc(C#N)cc2)CC1. The normalized spacial score (nSPS) is 16.8. The summed E-state index contributed by atoms with van der Waals surface area (Å²) in [5.74, 6) is 0. The topological polar surface area (TPSA) is 47.3 Å². The van der Waals surface area contributed by atoms with Crippen molar-refractivity contribution in [2.75, 3.05) is 18.0 Å². The lowest BCUT2D eigenvalue weighted by atomic mass is 9.84. The molecule has 118 valence electrons. The second kappa shape index (κ2) is 6.44. The van der Waals surface area contributed by atoms with Crippen molar-refractivity contribution in [1.29, 1.82) is 5.26 Å². The second-order valence-corrected chi connectivity index (χ2v) is 6.47. The predicted molar refractivity (Wildman–Crippen MR) is 92.4 cm³/mol. The summed E-state index contributed by atoms with van der Waals surface area (Å²) in [6.07, 6.45) is 2.25. The van der Waals surface area contributed by atoms with Crippen molar-refractivity contribution in [3.8, 4) is 6.07 Å². The molecule has 3 heteroatoms. The number of aryl methyl sites for hydroxylation is 1. The van der Waals surface area contributed by atoms with Crippen LogP contribution in [0.3, 0.4) is 0 Å². The summed E-state index contributed by atoms with van der Waals surface area (Å²) in [7, 11) is 0. The van der Waals surface area contributed by atoms with Crippen LogP contribution in [0, 0.1) is 18.3 Å². The maximum Gasteiger partial charge on any atom is 0.0991 e. The Morgan fingerprint density at radius 1 is 1.09 bits per heavy atom. The van der Waals surface area contributed by atoms with Gasteiger partial charge < -0.3 is 10.0 Å². The monoisotopic (exact) mass is 306 g/mol. The van der Waals surface area contributed by atoms with Crippen LogP contribution < -0.4 is 4.90 Å². The van der Waals surface area contributed by atoms with E-state index in [1.807, 2.05) is 36.4 Å². The summed E-state index contributed by atoms with van der Waals surface area (Å²) >= 11 is 0. The Labute approximate surface area is 137 Å². The van der Waals surface area contributed by atoms with Crippen LogP contribution in [0.4, 0.5) is 5.69 Å². The van der Waals surface area contributed by atoms with Crippen molar-refractivity contribution < 1.29 is 5.11 Å². The third-order valence-electron chi connectivity index (χ3n) is 4.84. The highest BCUT2D eigenvalue weighted by Crippen LogP contribution is 2.30. The van der Waals surface area contributed by atoms with Crippen molar-refractivity contribution in [2.45, 2.75) is 31.8 Å². The lowest BCUT2D eigenvalue weighted by Crippen LogP contribution is -2.45. The molecular weight excluding hydrogens is 284 g/mol. The Morgan fingerprint density at radius 3 is 2.35 bits per heavy atom. The highest BCUT2D eigenvalue weighted by molar-refractivity contribution is 5.50. The Hall–Kier alpha value is -2.31. The molecule has 2 aromatic rings. The zero-order valence-corrected chi connectivity index (χ0v) is 13.5. The van der Waals surface area contributed by atoms with Crippen LogP contribution in [0.25, 0.3) is 0 Å². The van der Waals surface area contributed by atoms with Crippen LogP contribution >= 0.6 is 0 Å². The summed E-state index contributed by atoms with van der Waals surface area (Å²) in [5.41, 5.74) is 3.68. The lowest BCUT2D eigenvalue weighted by Gasteiger charge is -2.39. The predicted octanol–water partition coefficient (Wildman–Crippen LogP) is 3.44. The third kappa shape index (κ3) is 3.55. The second-order valence-electron chi connectivity index (χ2n) is 6.47. The number of anilines is 1. The van der Waals surface area contributed by atoms with Crippen LogP contribution in [0.5, 0.6) is 0 Å². The van der Waals surface area contributed by atoms with Gasteiger partial charge in [-0.3, -0.25) is 0 Å². The largest absolute Gasteiger partial charge is 0.389 e. The molecule has 0 radical (unpaired) electrons. The Bertz CT molecular complexity index is 707. The van der Waals surface area contributed by atoms with Gasteiger partial charge in [0.15, 0.2) is 0 Å². The molecular formula is C20H22N2O. The number of aliphatic hydroxyl groups is 1. The van der Waals surface area contributed by atoms with E-state index in [-0.39, 0.29) is 0 Å². The van der Waals surface area contributed by atoms with E-state index >= 15 is 0 Å². The first-order valence-electron chi connectivity index (χ1n) is 8.12. The first-order chi connectivity index (χ1) is 11.1. The van der Waals surface area contributed by atoms with Crippen LogP contribution in [-0.4, -0.2) is 23.8 Å². The van der Waals surface area contributed by atoms with Crippen molar-refractivity contribution in [2.24, 2.45) is 0 Å². The molecule has 0 aromatic heterocycles. The molecule has 0 saturated carbocycles. The molecule has 1 saturated heterocycles. The van der Waals surface area contributed by atoms with Gasteiger partial charge in [-0.2, -0.15) is 5.26 Å². The van der Waals surface area contributed by atoms with E-state index in [4.69, 9.17) is 5.26 Å². The minimum atomic E-state index is -0.616. The zero-order chi connectivity index (χ0) is 16.3. The molecule has 0 amide bonds. The maximum atomic E-state index is 10.9. The van der Waals surface area contributed by atoms with Crippen LogP contribution in [-0.2, 0) is 6.42 Å². The van der Waals surface area contributed by atoms with Crippen LogP contribution in [0.15, 0.2) is 48.5 Å². The standard InChI is InChI=1S/C20H22N2O/c1-16-4-2-3-5-18(16)14-20(23)10-12-22(13-11-20)19-8-6-17(15-21)7-9-19/h2-9,23H,10-14H2,1H3. The van der Waals surface area contributed by atoms with E-state index in [1.54, 1.807) is 0 Å². The Morgan fingerprint density at radius 2 is 1.74 bits per heavy atom. The number of piperidine rings is 1. The molecule has 0 atom stereocenters. The van der Waals surface area contributed by atoms with Gasteiger partial charge in [0.25, 0.3) is 0 Å². The summed E-state index contributed by atoms with van der Waals surface area (Å²) in [6.45, 7) is 3.78. The average molecular weight is 306 g/mol. The third-order valence-corrected chi connectivity index (χ3v) is 4.84. The maximum absolute atomic E-state index is 10.9. The highest BCUT2D eigenvalue weighted by atomic mass is 16.3. The zero-order valence-electron chi connectivity index (χ0n) is 13.5. The Kier molecular flexibility index (Phi) is 4.36. The first-order valence-corrected chi connectivity index (χ1v) is 8.12. The number of benzene rings is 2. The number of nitriles is 1. The van der Waals surface area contributed by atoms with E-state index in [2.05, 4.69) is 30.0 Å². The van der Waals surface area contributed by atoms with E-state index in [0.717, 1.165) is 38.0 Å². The number of rotatable bonds is 3. The molecule has 0 bridgehead atoms. The molecule has 1 fully saturated rings. The fourth-order valence-electron chi connectivity index (χ4n) is 3.27. The van der Waals surface area contributed by atoms with Gasteiger partial charge in [0, 0.05) is 25.2 Å². The van der Waals surface area contributed by atoms with Gasteiger partial charge in [-0.25, -0.2) is 0 Å². The smallest absolute Gasteiger partial charge is 0.0991 e. The number of hydrogen-bond donors (Lipinski definition) is 1. The molecule has 1 N–H and O–H groups in total. The van der Waals surface area contributed by atoms with Gasteiger partial charge in [-0.15, -0.1) is 0 Å². The fourth-order valence-corrected chi connectivity index (χ4v) is 3.27. The Balaban J connectivity index is 1.65. The van der Waals surface area contributed by atoms with E-state index in [0.29, 0.717) is 5.56 Å². The van der Waals surface area contributed by atoms with Crippen molar-refractivity contribution in [3.05, 3.63) is 65.2 Å². The van der Waals surface area contributed by atoms with E-state index in [9.17, 15) is 5.11 Å². The van der Waals surface area contributed by atoms with Crippen molar-refractivity contribution in [3.63, 3.8) is 0 Å². The molecule has 3 rings (SSSR count). The van der Waals surface area contributed by atoms with E-state index in [1.165, 1.54) is 11.1 Å². The van der Waals surface area contributed by atoms with Crippen LogP contribution in [0.1, 0.15) is 29.5 Å². The first kappa shape index (κ1) is 15.6. The van der Waals surface area contributed by atoms with Gasteiger partial charge in [-0.1, -0.05) is 24.3 Å². The summed E-state index contributed by atoms with van der Waals surface area (Å²) < 4.78 is 0.